The van der Waals surface area contributed by atoms with E-state index in [0.29, 0.717) is 19.4 Å². The van der Waals surface area contributed by atoms with Gasteiger partial charge in [-0.15, -0.1) is 0 Å². The van der Waals surface area contributed by atoms with Gasteiger partial charge in [-0.1, -0.05) is 39.0 Å². The van der Waals surface area contributed by atoms with Crippen molar-refractivity contribution in [3.8, 4) is 5.75 Å². The number of carbonyl (C=O) groups is 2. The van der Waals surface area contributed by atoms with E-state index in [2.05, 4.69) is 6.92 Å². The molecular weight excluding hydrogens is 342 g/mol. The molecule has 1 rings (SSSR count). The molecule has 1 aromatic carbocycles. The maximum absolute atomic E-state index is 13.0. The fraction of sp³-hybridized carbons (Fsp3) is 0.600. The summed E-state index contributed by atoms with van der Waals surface area (Å²) in [7, 11) is 0. The molecule has 0 saturated carbocycles. The Morgan fingerprint density at radius 3 is 1.92 bits per heavy atom. The van der Waals surface area contributed by atoms with E-state index in [1.54, 1.807) is 0 Å². The number of benzene rings is 1. The number of hydrogen-bond donors (Lipinski definition) is 0. The molecule has 0 heterocycles. The van der Waals surface area contributed by atoms with Crippen molar-refractivity contribution in [3.05, 3.63) is 29.8 Å². The first-order valence-corrected chi connectivity index (χ1v) is 9.33. The number of esters is 2. The first-order chi connectivity index (χ1) is 12.5. The third-order valence-corrected chi connectivity index (χ3v) is 3.84. The van der Waals surface area contributed by atoms with Crippen LogP contribution in [-0.2, 0) is 14.3 Å². The van der Waals surface area contributed by atoms with Crippen molar-refractivity contribution in [3.63, 3.8) is 0 Å². The number of rotatable bonds is 13. The molecule has 4 nitrogen and oxygen atoms in total. The molecule has 0 unspecified atom stereocenters. The van der Waals surface area contributed by atoms with Crippen LogP contribution >= 0.6 is 0 Å². The molecule has 0 saturated heterocycles. The van der Waals surface area contributed by atoms with Crippen LogP contribution in [0.5, 0.6) is 5.75 Å². The summed E-state index contributed by atoms with van der Waals surface area (Å²) in [6.07, 6.45) is 7.85. The van der Waals surface area contributed by atoms with Crippen LogP contribution < -0.4 is 4.74 Å². The fourth-order valence-electron chi connectivity index (χ4n) is 2.42. The van der Waals surface area contributed by atoms with Gasteiger partial charge < -0.3 is 9.47 Å². The summed E-state index contributed by atoms with van der Waals surface area (Å²) < 4.78 is 36.0. The predicted octanol–water partition coefficient (Wildman–Crippen LogP) is 5.33. The Morgan fingerprint density at radius 1 is 0.808 bits per heavy atom. The Kier molecular flexibility index (Phi) is 11.2. The van der Waals surface area contributed by atoms with Crippen LogP contribution in [0.1, 0.15) is 71.1 Å². The third-order valence-electron chi connectivity index (χ3n) is 3.84. The lowest BCUT2D eigenvalue weighted by molar-refractivity contribution is -0.144. The lowest BCUT2D eigenvalue weighted by Crippen LogP contribution is -2.08. The Hall–Kier alpha value is -1.98. The molecule has 0 radical (unpaired) electrons. The van der Waals surface area contributed by atoms with Gasteiger partial charge in [-0.3, -0.25) is 9.59 Å². The van der Waals surface area contributed by atoms with Crippen LogP contribution in [0.4, 0.5) is 8.78 Å². The molecule has 0 N–H and O–H groups in total. The molecule has 6 heteroatoms. The highest BCUT2D eigenvalue weighted by atomic mass is 19.1. The van der Waals surface area contributed by atoms with E-state index in [9.17, 15) is 18.4 Å². The maximum atomic E-state index is 13.0. The van der Waals surface area contributed by atoms with Gasteiger partial charge in [-0.05, 0) is 19.3 Å². The normalized spacial score (nSPS) is 10.6. The van der Waals surface area contributed by atoms with Crippen molar-refractivity contribution in [2.45, 2.75) is 71.1 Å². The van der Waals surface area contributed by atoms with E-state index in [1.807, 2.05) is 0 Å². The maximum Gasteiger partial charge on any atom is 0.311 e. The average Bonchev–Trinajstić information content (AvgIpc) is 2.56. The van der Waals surface area contributed by atoms with Crippen LogP contribution in [0.3, 0.4) is 0 Å². The summed E-state index contributed by atoms with van der Waals surface area (Å²) in [5, 5.41) is 0. The number of unbranched alkanes of at least 4 members (excludes halogenated alkanes) is 6. The van der Waals surface area contributed by atoms with Crippen molar-refractivity contribution in [2.75, 3.05) is 6.61 Å². The van der Waals surface area contributed by atoms with Crippen LogP contribution in [0.2, 0.25) is 0 Å². The topological polar surface area (TPSA) is 52.6 Å². The van der Waals surface area contributed by atoms with Gasteiger partial charge in [0.25, 0.3) is 0 Å². The molecule has 146 valence electrons. The molecule has 0 aliphatic heterocycles. The highest BCUT2D eigenvalue weighted by Gasteiger charge is 2.08. The van der Waals surface area contributed by atoms with E-state index in [1.165, 1.54) is 0 Å². The first kappa shape index (κ1) is 22.1. The number of carbonyl (C=O) groups excluding carboxylic acids is 2. The highest BCUT2D eigenvalue weighted by molar-refractivity contribution is 5.72. The molecule has 0 amide bonds. The zero-order valence-corrected chi connectivity index (χ0v) is 15.4. The summed E-state index contributed by atoms with van der Waals surface area (Å²) in [6.45, 7) is 2.56. The second-order valence-electron chi connectivity index (χ2n) is 6.27. The summed E-state index contributed by atoms with van der Waals surface area (Å²) in [5.74, 6) is -2.29. The van der Waals surface area contributed by atoms with Crippen LogP contribution in [0.25, 0.3) is 0 Å². The lowest BCUT2D eigenvalue weighted by Gasteiger charge is -2.05. The number of hydrogen-bond acceptors (Lipinski definition) is 4. The quantitative estimate of drug-likeness (QED) is 0.267. The van der Waals surface area contributed by atoms with Gasteiger partial charge >= 0.3 is 11.9 Å². The highest BCUT2D eigenvalue weighted by Crippen LogP contribution is 2.17. The molecular formula is C20H28F2O4. The molecule has 26 heavy (non-hydrogen) atoms. The van der Waals surface area contributed by atoms with Gasteiger partial charge in [0.2, 0.25) is 0 Å². The minimum absolute atomic E-state index is 0.113. The van der Waals surface area contributed by atoms with Gasteiger partial charge in [-0.2, -0.15) is 0 Å². The van der Waals surface area contributed by atoms with E-state index in [0.717, 1.165) is 63.1 Å². The van der Waals surface area contributed by atoms with Gasteiger partial charge in [0.15, 0.2) is 0 Å². The van der Waals surface area contributed by atoms with E-state index >= 15 is 0 Å². The van der Waals surface area contributed by atoms with Crippen molar-refractivity contribution in [2.24, 2.45) is 0 Å². The number of ether oxygens (including phenoxy) is 2. The number of halogens is 2. The third kappa shape index (κ3) is 10.8. The zero-order chi connectivity index (χ0) is 19.2. The molecule has 0 aliphatic rings. The fourth-order valence-corrected chi connectivity index (χ4v) is 2.42. The smallest absolute Gasteiger partial charge is 0.311 e. The van der Waals surface area contributed by atoms with Crippen LogP contribution in [0, 0.1) is 11.6 Å². The Balaban J connectivity index is 2.00. The monoisotopic (exact) mass is 370 g/mol. The lowest BCUT2D eigenvalue weighted by atomic mass is 10.1. The average molecular weight is 370 g/mol. The van der Waals surface area contributed by atoms with E-state index in [4.69, 9.17) is 9.47 Å². The van der Waals surface area contributed by atoms with Crippen molar-refractivity contribution in [1.82, 2.24) is 0 Å². The van der Waals surface area contributed by atoms with Crippen molar-refractivity contribution < 1.29 is 27.8 Å². The summed E-state index contributed by atoms with van der Waals surface area (Å²) >= 11 is 0. The largest absolute Gasteiger partial charge is 0.466 e. The van der Waals surface area contributed by atoms with Crippen molar-refractivity contribution >= 4 is 11.9 Å². The standard InChI is InChI=1S/C20H28F2O4/c1-2-3-12-25-19(23)10-8-6-4-5-7-9-11-20(24)26-18-14-16(21)13-17(22)15-18/h13-15H,2-12H2,1H3. The van der Waals surface area contributed by atoms with Crippen molar-refractivity contribution in [1.29, 1.82) is 0 Å². The van der Waals surface area contributed by atoms with Crippen LogP contribution in [0.15, 0.2) is 18.2 Å². The zero-order valence-electron chi connectivity index (χ0n) is 15.4. The predicted molar refractivity (Wildman–Crippen MR) is 94.8 cm³/mol. The molecule has 1 aromatic rings. The summed E-state index contributed by atoms with van der Waals surface area (Å²) in [4.78, 5) is 23.0. The Bertz CT molecular complexity index is 540. The second-order valence-corrected chi connectivity index (χ2v) is 6.27. The molecule has 0 aliphatic carbocycles. The van der Waals surface area contributed by atoms with E-state index < -0.39 is 17.6 Å². The molecule has 0 atom stereocenters. The Morgan fingerprint density at radius 2 is 1.35 bits per heavy atom. The van der Waals surface area contributed by atoms with E-state index in [-0.39, 0.29) is 18.1 Å². The second kappa shape index (κ2) is 13.3. The Labute approximate surface area is 153 Å². The first-order valence-electron chi connectivity index (χ1n) is 9.33. The van der Waals surface area contributed by atoms with Crippen LogP contribution in [-0.4, -0.2) is 18.5 Å². The molecule has 0 bridgehead atoms. The van der Waals surface area contributed by atoms with Gasteiger partial charge in [-0.25, -0.2) is 8.78 Å². The minimum Gasteiger partial charge on any atom is -0.466 e. The molecule has 0 fully saturated rings. The minimum atomic E-state index is -0.776. The van der Waals surface area contributed by atoms with Gasteiger partial charge in [0.05, 0.1) is 6.61 Å². The summed E-state index contributed by atoms with van der Waals surface area (Å²) in [5.41, 5.74) is 0. The van der Waals surface area contributed by atoms with Gasteiger partial charge in [0.1, 0.15) is 17.4 Å². The van der Waals surface area contributed by atoms with Gasteiger partial charge in [0, 0.05) is 31.0 Å². The summed E-state index contributed by atoms with van der Waals surface area (Å²) in [6, 6.07) is 2.69. The SMILES string of the molecule is CCCCOC(=O)CCCCCCCCC(=O)Oc1cc(F)cc(F)c1. The molecule has 0 spiro atoms. The molecule has 0 aromatic heterocycles.